The maximum absolute atomic E-state index is 11.3. The van der Waals surface area contributed by atoms with E-state index in [1.54, 1.807) is 0 Å². The summed E-state index contributed by atoms with van der Waals surface area (Å²) in [6, 6.07) is 2.19. The number of nitriles is 1. The number of rotatable bonds is 4. The van der Waals surface area contributed by atoms with Crippen LogP contribution >= 0.6 is 0 Å². The predicted octanol–water partition coefficient (Wildman–Crippen LogP) is 0.0792. The molecule has 1 aliphatic rings. The number of carbonyl (C=O) groups is 1. The maximum Gasteiger partial charge on any atom is 0.320 e. The molecule has 1 rings (SSSR count). The molecule has 5 nitrogen and oxygen atoms in total. The van der Waals surface area contributed by atoms with Crippen molar-refractivity contribution in [2.75, 3.05) is 39.3 Å². The maximum atomic E-state index is 11.3. The summed E-state index contributed by atoms with van der Waals surface area (Å²) >= 11 is 0. The van der Waals surface area contributed by atoms with Gasteiger partial charge in [0.25, 0.3) is 0 Å². The minimum absolute atomic E-state index is 0.0373. The molecule has 0 aromatic rings. The van der Waals surface area contributed by atoms with Crippen LogP contribution in [0, 0.1) is 11.3 Å². The normalized spacial score (nSPS) is 20.1. The molecule has 0 aliphatic carbocycles. The summed E-state index contributed by atoms with van der Waals surface area (Å²) in [5.74, 6) is -0.163. The number of ether oxygens (including phenoxy) is 1. The van der Waals surface area contributed by atoms with Crippen LogP contribution in [0.15, 0.2) is 0 Å². The van der Waals surface area contributed by atoms with Crippen LogP contribution in [-0.4, -0.2) is 61.1 Å². The van der Waals surface area contributed by atoms with E-state index in [0.29, 0.717) is 13.2 Å². The lowest BCUT2D eigenvalue weighted by Crippen LogP contribution is -2.50. The third-order valence-corrected chi connectivity index (χ3v) is 2.80. The van der Waals surface area contributed by atoms with E-state index < -0.39 is 0 Å². The van der Waals surface area contributed by atoms with Gasteiger partial charge in [0.2, 0.25) is 0 Å². The monoisotopic (exact) mass is 225 g/mol. The van der Waals surface area contributed by atoms with Crippen LogP contribution in [0.5, 0.6) is 0 Å². The summed E-state index contributed by atoms with van der Waals surface area (Å²) in [6.45, 7) is 7.84. The van der Waals surface area contributed by atoms with Gasteiger partial charge in [-0.25, -0.2) is 0 Å². The summed E-state index contributed by atoms with van der Waals surface area (Å²) in [5, 5.41) is 8.79. The number of hydrogen-bond acceptors (Lipinski definition) is 5. The van der Waals surface area contributed by atoms with Crippen molar-refractivity contribution in [2.45, 2.75) is 19.9 Å². The zero-order valence-corrected chi connectivity index (χ0v) is 9.98. The topological polar surface area (TPSA) is 56.6 Å². The van der Waals surface area contributed by atoms with E-state index in [0.717, 1.165) is 26.2 Å². The van der Waals surface area contributed by atoms with Crippen LogP contribution in [-0.2, 0) is 9.53 Å². The summed E-state index contributed by atoms with van der Waals surface area (Å²) in [6.07, 6.45) is 0. The van der Waals surface area contributed by atoms with E-state index in [4.69, 9.17) is 10.00 Å². The Morgan fingerprint density at radius 3 is 2.56 bits per heavy atom. The van der Waals surface area contributed by atoms with Crippen LogP contribution in [0.1, 0.15) is 13.8 Å². The molecule has 1 fully saturated rings. The Labute approximate surface area is 96.6 Å². The van der Waals surface area contributed by atoms with E-state index in [-0.39, 0.29) is 12.0 Å². The van der Waals surface area contributed by atoms with Gasteiger partial charge in [-0.05, 0) is 13.8 Å². The van der Waals surface area contributed by atoms with Crippen molar-refractivity contribution in [3.63, 3.8) is 0 Å². The SMILES string of the molecule is CCOC(=O)CN1CCN(C(C)C#N)CC1. The zero-order valence-electron chi connectivity index (χ0n) is 9.98. The zero-order chi connectivity index (χ0) is 12.0. The van der Waals surface area contributed by atoms with Gasteiger partial charge in [-0.1, -0.05) is 0 Å². The van der Waals surface area contributed by atoms with Crippen molar-refractivity contribution in [2.24, 2.45) is 0 Å². The first-order valence-electron chi connectivity index (χ1n) is 5.69. The van der Waals surface area contributed by atoms with Crippen molar-refractivity contribution >= 4 is 5.97 Å². The van der Waals surface area contributed by atoms with Crippen molar-refractivity contribution in [3.8, 4) is 6.07 Å². The van der Waals surface area contributed by atoms with Gasteiger partial charge < -0.3 is 4.74 Å². The molecule has 1 saturated heterocycles. The van der Waals surface area contributed by atoms with Crippen LogP contribution in [0.4, 0.5) is 0 Å². The highest BCUT2D eigenvalue weighted by molar-refractivity contribution is 5.71. The highest BCUT2D eigenvalue weighted by atomic mass is 16.5. The molecule has 1 atom stereocenters. The molecule has 90 valence electrons. The fourth-order valence-corrected chi connectivity index (χ4v) is 1.78. The first-order chi connectivity index (χ1) is 7.67. The fourth-order valence-electron chi connectivity index (χ4n) is 1.78. The summed E-state index contributed by atoms with van der Waals surface area (Å²) in [5.41, 5.74) is 0. The molecule has 0 amide bonds. The number of hydrogen-bond donors (Lipinski definition) is 0. The second-order valence-corrected chi connectivity index (χ2v) is 3.92. The average molecular weight is 225 g/mol. The Hall–Kier alpha value is -1.12. The van der Waals surface area contributed by atoms with Crippen LogP contribution < -0.4 is 0 Å². The minimum Gasteiger partial charge on any atom is -0.465 e. The molecule has 0 aromatic carbocycles. The molecular formula is C11H19N3O2. The molecule has 16 heavy (non-hydrogen) atoms. The molecule has 0 bridgehead atoms. The van der Waals surface area contributed by atoms with Gasteiger partial charge in [0, 0.05) is 26.2 Å². The first-order valence-corrected chi connectivity index (χ1v) is 5.69. The summed E-state index contributed by atoms with van der Waals surface area (Å²) in [7, 11) is 0. The molecule has 0 saturated carbocycles. The van der Waals surface area contributed by atoms with E-state index in [1.807, 2.05) is 13.8 Å². The first kappa shape index (κ1) is 12.9. The van der Waals surface area contributed by atoms with Crippen LogP contribution in [0.2, 0.25) is 0 Å². The lowest BCUT2D eigenvalue weighted by atomic mass is 10.2. The Kier molecular flexibility index (Phi) is 5.23. The van der Waals surface area contributed by atoms with E-state index >= 15 is 0 Å². The molecule has 5 heteroatoms. The standard InChI is InChI=1S/C11H19N3O2/c1-3-16-11(15)9-13-4-6-14(7-5-13)10(2)8-12/h10H,3-7,9H2,1-2H3. The quantitative estimate of drug-likeness (QED) is 0.634. The molecule has 1 unspecified atom stereocenters. The smallest absolute Gasteiger partial charge is 0.320 e. The van der Waals surface area contributed by atoms with E-state index in [1.165, 1.54) is 0 Å². The molecule has 0 radical (unpaired) electrons. The number of piperazine rings is 1. The molecule has 1 aliphatic heterocycles. The van der Waals surface area contributed by atoms with Gasteiger partial charge in [-0.2, -0.15) is 5.26 Å². The van der Waals surface area contributed by atoms with Crippen molar-refractivity contribution in [1.82, 2.24) is 9.80 Å². The third kappa shape index (κ3) is 3.80. The van der Waals surface area contributed by atoms with Gasteiger partial charge in [-0.3, -0.25) is 14.6 Å². The largest absolute Gasteiger partial charge is 0.465 e. The second-order valence-electron chi connectivity index (χ2n) is 3.92. The van der Waals surface area contributed by atoms with Crippen LogP contribution in [0.25, 0.3) is 0 Å². The molecule has 1 heterocycles. The molecule has 0 aromatic heterocycles. The Balaban J connectivity index is 2.27. The number of carbonyl (C=O) groups excluding carboxylic acids is 1. The lowest BCUT2D eigenvalue weighted by Gasteiger charge is -2.35. The van der Waals surface area contributed by atoms with Crippen molar-refractivity contribution in [3.05, 3.63) is 0 Å². The fraction of sp³-hybridized carbons (Fsp3) is 0.818. The Bertz CT molecular complexity index is 267. The minimum atomic E-state index is -0.163. The highest BCUT2D eigenvalue weighted by Crippen LogP contribution is 2.05. The van der Waals surface area contributed by atoms with E-state index in [2.05, 4.69) is 15.9 Å². The molecular weight excluding hydrogens is 206 g/mol. The Morgan fingerprint density at radius 2 is 2.06 bits per heavy atom. The average Bonchev–Trinajstić information content (AvgIpc) is 2.29. The third-order valence-electron chi connectivity index (χ3n) is 2.80. The van der Waals surface area contributed by atoms with Gasteiger partial charge in [0.1, 0.15) is 0 Å². The molecule has 0 spiro atoms. The number of nitrogens with zero attached hydrogens (tertiary/aromatic N) is 3. The van der Waals surface area contributed by atoms with E-state index in [9.17, 15) is 4.79 Å². The van der Waals surface area contributed by atoms with Crippen molar-refractivity contribution in [1.29, 1.82) is 5.26 Å². The van der Waals surface area contributed by atoms with Gasteiger partial charge in [0.15, 0.2) is 0 Å². The lowest BCUT2D eigenvalue weighted by molar-refractivity contribution is -0.144. The van der Waals surface area contributed by atoms with Crippen LogP contribution in [0.3, 0.4) is 0 Å². The number of esters is 1. The summed E-state index contributed by atoms with van der Waals surface area (Å²) < 4.78 is 4.89. The highest BCUT2D eigenvalue weighted by Gasteiger charge is 2.22. The predicted molar refractivity (Wildman–Crippen MR) is 59.7 cm³/mol. The second kappa shape index (κ2) is 6.46. The molecule has 0 N–H and O–H groups in total. The Morgan fingerprint density at radius 1 is 1.44 bits per heavy atom. The van der Waals surface area contributed by atoms with Crippen molar-refractivity contribution < 1.29 is 9.53 Å². The van der Waals surface area contributed by atoms with Gasteiger partial charge >= 0.3 is 5.97 Å². The summed E-state index contributed by atoms with van der Waals surface area (Å²) in [4.78, 5) is 15.4. The van der Waals surface area contributed by atoms with Gasteiger partial charge in [-0.15, -0.1) is 0 Å². The van der Waals surface area contributed by atoms with Gasteiger partial charge in [0.05, 0.1) is 25.3 Å².